The number of rotatable bonds is 1. The monoisotopic (exact) mass is 165 g/mol. The first-order valence-electron chi connectivity index (χ1n) is 2.95. The molecular weight excluding hydrogens is 159 g/mol. The van der Waals surface area contributed by atoms with Crippen molar-refractivity contribution in [3.8, 4) is 0 Å². The second-order valence-corrected chi connectivity index (χ2v) is 2.00. The minimum absolute atomic E-state index is 0.125. The van der Waals surface area contributed by atoms with E-state index in [9.17, 15) is 13.2 Å². The van der Waals surface area contributed by atoms with Crippen LogP contribution in [0.5, 0.6) is 0 Å². The van der Waals surface area contributed by atoms with Crippen molar-refractivity contribution in [2.24, 2.45) is 10.1 Å². The van der Waals surface area contributed by atoms with Crippen LogP contribution in [0.15, 0.2) is 10.1 Å². The van der Waals surface area contributed by atoms with Crippen LogP contribution in [0.2, 0.25) is 0 Å². The number of hydrogen-bond donors (Lipinski definition) is 1. The van der Waals surface area contributed by atoms with Crippen LogP contribution in [0.3, 0.4) is 0 Å². The van der Waals surface area contributed by atoms with Gasteiger partial charge in [-0.05, 0) is 0 Å². The summed E-state index contributed by atoms with van der Waals surface area (Å²) in [4.78, 5) is 3.55. The summed E-state index contributed by atoms with van der Waals surface area (Å²) in [5.74, 6) is -0.125. The molecule has 0 bridgehead atoms. The quantitative estimate of drug-likeness (QED) is 0.616. The van der Waals surface area contributed by atoms with Crippen molar-refractivity contribution in [1.29, 1.82) is 0 Å². The summed E-state index contributed by atoms with van der Waals surface area (Å²) in [7, 11) is 0. The first-order valence-corrected chi connectivity index (χ1v) is 2.95. The van der Waals surface area contributed by atoms with Gasteiger partial charge < -0.3 is 0 Å². The molecular formula is C5H6F3N3. The number of amidine groups is 1. The van der Waals surface area contributed by atoms with E-state index in [1.54, 1.807) is 0 Å². The Balaban J connectivity index is 2.44. The second kappa shape index (κ2) is 2.89. The topological polar surface area (TPSA) is 36.8 Å². The molecule has 0 unspecified atom stereocenters. The van der Waals surface area contributed by atoms with E-state index in [0.29, 0.717) is 0 Å². The van der Waals surface area contributed by atoms with Gasteiger partial charge in [0.15, 0.2) is 0 Å². The van der Waals surface area contributed by atoms with Crippen molar-refractivity contribution < 1.29 is 13.2 Å². The van der Waals surface area contributed by atoms with E-state index in [-0.39, 0.29) is 12.4 Å². The van der Waals surface area contributed by atoms with E-state index >= 15 is 0 Å². The molecule has 0 fully saturated rings. The average Bonchev–Trinajstić information content (AvgIpc) is 1.85. The molecule has 0 amide bonds. The Morgan fingerprint density at radius 2 is 2.27 bits per heavy atom. The second-order valence-electron chi connectivity index (χ2n) is 2.00. The molecule has 0 spiro atoms. The third kappa shape index (κ3) is 3.01. The van der Waals surface area contributed by atoms with Gasteiger partial charge in [-0.1, -0.05) is 0 Å². The minimum Gasteiger partial charge on any atom is -0.265 e. The molecule has 3 nitrogen and oxygen atoms in total. The van der Waals surface area contributed by atoms with Gasteiger partial charge in [-0.25, -0.2) is 0 Å². The SMILES string of the molecule is FC(F)(F)CC1=NCC=NN1. The highest BCUT2D eigenvalue weighted by Gasteiger charge is 2.30. The molecule has 0 saturated heterocycles. The number of nitrogens with zero attached hydrogens (tertiary/aromatic N) is 2. The van der Waals surface area contributed by atoms with E-state index in [2.05, 4.69) is 15.5 Å². The number of hydrazone groups is 1. The van der Waals surface area contributed by atoms with Crippen LogP contribution in [0, 0.1) is 0 Å². The summed E-state index contributed by atoms with van der Waals surface area (Å²) in [5, 5.41) is 3.44. The summed E-state index contributed by atoms with van der Waals surface area (Å²) in [6, 6.07) is 0. The van der Waals surface area contributed by atoms with Gasteiger partial charge in [0.25, 0.3) is 0 Å². The van der Waals surface area contributed by atoms with E-state index in [4.69, 9.17) is 0 Å². The molecule has 1 aliphatic heterocycles. The van der Waals surface area contributed by atoms with Gasteiger partial charge in [-0.2, -0.15) is 18.3 Å². The predicted octanol–water partition coefficient (Wildman–Crippen LogP) is 0.926. The maximum absolute atomic E-state index is 11.7. The lowest BCUT2D eigenvalue weighted by Crippen LogP contribution is -2.28. The Morgan fingerprint density at radius 3 is 2.73 bits per heavy atom. The lowest BCUT2D eigenvalue weighted by Gasteiger charge is -2.10. The molecule has 62 valence electrons. The Hall–Kier alpha value is -1.07. The Kier molecular flexibility index (Phi) is 2.11. The molecule has 0 radical (unpaired) electrons. The summed E-state index contributed by atoms with van der Waals surface area (Å²) in [6.07, 6.45) is -3.84. The van der Waals surface area contributed by atoms with Crippen LogP contribution in [0.1, 0.15) is 6.42 Å². The first-order chi connectivity index (χ1) is 5.08. The number of nitrogens with one attached hydrogen (secondary N) is 1. The van der Waals surface area contributed by atoms with Crippen LogP contribution in [-0.4, -0.2) is 24.8 Å². The van der Waals surface area contributed by atoms with Crippen LogP contribution >= 0.6 is 0 Å². The van der Waals surface area contributed by atoms with Gasteiger partial charge in [0.05, 0.1) is 6.54 Å². The molecule has 0 aliphatic carbocycles. The van der Waals surface area contributed by atoms with Crippen molar-refractivity contribution in [1.82, 2.24) is 5.43 Å². The zero-order valence-electron chi connectivity index (χ0n) is 5.52. The fraction of sp³-hybridized carbons (Fsp3) is 0.600. The average molecular weight is 165 g/mol. The van der Waals surface area contributed by atoms with Crippen LogP contribution in [-0.2, 0) is 0 Å². The maximum Gasteiger partial charge on any atom is 0.396 e. The highest BCUT2D eigenvalue weighted by Crippen LogP contribution is 2.19. The molecule has 1 rings (SSSR count). The summed E-state index contributed by atoms with van der Waals surface area (Å²) in [5.41, 5.74) is 2.18. The standard InChI is InChI=1S/C5H6F3N3/c6-5(7,8)3-4-9-1-2-10-11-4/h2H,1,3H2,(H,9,11). The van der Waals surface area contributed by atoms with Crippen molar-refractivity contribution in [3.63, 3.8) is 0 Å². The fourth-order valence-electron chi connectivity index (χ4n) is 0.633. The van der Waals surface area contributed by atoms with Crippen molar-refractivity contribution >= 4 is 12.1 Å². The lowest BCUT2D eigenvalue weighted by atomic mass is 10.4. The molecule has 0 saturated carbocycles. The van der Waals surface area contributed by atoms with Gasteiger partial charge in [0.2, 0.25) is 0 Å². The number of hydrogen-bond acceptors (Lipinski definition) is 3. The van der Waals surface area contributed by atoms with Crippen LogP contribution < -0.4 is 5.43 Å². The van der Waals surface area contributed by atoms with E-state index in [1.165, 1.54) is 6.21 Å². The third-order valence-electron chi connectivity index (χ3n) is 1.02. The predicted molar refractivity (Wildman–Crippen MR) is 34.6 cm³/mol. The smallest absolute Gasteiger partial charge is 0.265 e. The largest absolute Gasteiger partial charge is 0.396 e. The number of aliphatic imine (C=N–C) groups is 1. The summed E-state index contributed by atoms with van der Waals surface area (Å²) >= 11 is 0. The fourth-order valence-corrected chi connectivity index (χ4v) is 0.633. The van der Waals surface area contributed by atoms with Crippen molar-refractivity contribution in [2.75, 3.05) is 6.54 Å². The Labute approximate surface area is 61.0 Å². The van der Waals surface area contributed by atoms with Gasteiger partial charge in [0.1, 0.15) is 12.3 Å². The van der Waals surface area contributed by atoms with Gasteiger partial charge in [-0.3, -0.25) is 10.4 Å². The minimum atomic E-state index is -4.21. The molecule has 1 heterocycles. The lowest BCUT2D eigenvalue weighted by molar-refractivity contribution is -0.121. The van der Waals surface area contributed by atoms with Crippen molar-refractivity contribution in [3.05, 3.63) is 0 Å². The molecule has 0 atom stereocenters. The normalized spacial score (nSPS) is 17.5. The zero-order chi connectivity index (χ0) is 8.32. The maximum atomic E-state index is 11.7. The molecule has 0 aromatic carbocycles. The molecule has 11 heavy (non-hydrogen) atoms. The molecule has 0 aromatic rings. The Bertz CT molecular complexity index is 194. The molecule has 6 heteroatoms. The number of alkyl halides is 3. The highest BCUT2D eigenvalue weighted by atomic mass is 19.4. The van der Waals surface area contributed by atoms with E-state index in [0.717, 1.165) is 0 Å². The van der Waals surface area contributed by atoms with Crippen LogP contribution in [0.25, 0.3) is 0 Å². The number of halogens is 3. The molecule has 1 N–H and O–H groups in total. The van der Waals surface area contributed by atoms with Gasteiger partial charge >= 0.3 is 6.18 Å². The van der Waals surface area contributed by atoms with Crippen molar-refractivity contribution in [2.45, 2.75) is 12.6 Å². The van der Waals surface area contributed by atoms with Gasteiger partial charge in [-0.15, -0.1) is 0 Å². The Morgan fingerprint density at radius 1 is 1.55 bits per heavy atom. The third-order valence-corrected chi connectivity index (χ3v) is 1.02. The zero-order valence-corrected chi connectivity index (χ0v) is 5.52. The molecule has 0 aromatic heterocycles. The highest BCUT2D eigenvalue weighted by molar-refractivity contribution is 5.86. The van der Waals surface area contributed by atoms with E-state index in [1.807, 2.05) is 0 Å². The summed E-state index contributed by atoms with van der Waals surface area (Å²) < 4.78 is 35.0. The van der Waals surface area contributed by atoms with E-state index < -0.39 is 12.6 Å². The van der Waals surface area contributed by atoms with Gasteiger partial charge in [0, 0.05) is 6.21 Å². The van der Waals surface area contributed by atoms with Crippen LogP contribution in [0.4, 0.5) is 13.2 Å². The summed E-state index contributed by atoms with van der Waals surface area (Å²) in [6.45, 7) is 0.221. The molecule has 1 aliphatic rings. The first kappa shape index (κ1) is 8.03.